The van der Waals surface area contributed by atoms with E-state index in [1.807, 2.05) is 12.1 Å². The largest absolute Gasteiger partial charge is 0.322 e. The number of carbonyl (C=O) groups excluding carboxylic acids is 1. The van der Waals surface area contributed by atoms with Crippen LogP contribution in [0.15, 0.2) is 24.3 Å². The summed E-state index contributed by atoms with van der Waals surface area (Å²) in [6, 6.07) is 10.7. The maximum Gasteiger partial charge on any atom is 0.322 e. The molecule has 20 heavy (non-hydrogen) atoms. The Morgan fingerprint density at radius 3 is 2.75 bits per heavy atom. The van der Waals surface area contributed by atoms with E-state index in [9.17, 15) is 4.79 Å². The lowest BCUT2D eigenvalue weighted by molar-refractivity contribution is 0.197. The monoisotopic (exact) mass is 268 g/mol. The van der Waals surface area contributed by atoms with Crippen molar-refractivity contribution in [1.82, 2.24) is 4.90 Å². The molecule has 5 heteroatoms. The zero-order chi connectivity index (χ0) is 14.4. The maximum absolute atomic E-state index is 12.3. The summed E-state index contributed by atoms with van der Waals surface area (Å²) in [5, 5.41) is 20.5. The molecule has 0 saturated heterocycles. The Bertz CT molecular complexity index is 564. The number of benzene rings is 1. The van der Waals surface area contributed by atoms with Gasteiger partial charge in [0.15, 0.2) is 0 Å². The van der Waals surface area contributed by atoms with Gasteiger partial charge in [-0.1, -0.05) is 18.9 Å². The van der Waals surface area contributed by atoms with Gasteiger partial charge in [0.05, 0.1) is 17.7 Å². The van der Waals surface area contributed by atoms with Crippen molar-refractivity contribution in [3.63, 3.8) is 0 Å². The number of carbonyl (C=O) groups is 1. The van der Waals surface area contributed by atoms with Crippen molar-refractivity contribution in [2.45, 2.75) is 31.7 Å². The summed E-state index contributed by atoms with van der Waals surface area (Å²) < 4.78 is 0. The smallest absolute Gasteiger partial charge is 0.308 e. The summed E-state index contributed by atoms with van der Waals surface area (Å²) in [6.45, 7) is 0.0917. The van der Waals surface area contributed by atoms with Gasteiger partial charge in [0.2, 0.25) is 0 Å². The highest BCUT2D eigenvalue weighted by molar-refractivity contribution is 5.89. The van der Waals surface area contributed by atoms with E-state index in [1.54, 1.807) is 29.2 Å². The number of urea groups is 1. The number of hydrogen-bond donors (Lipinski definition) is 1. The molecule has 1 aliphatic carbocycles. The van der Waals surface area contributed by atoms with Crippen LogP contribution in [0.25, 0.3) is 0 Å². The third-order valence-corrected chi connectivity index (χ3v) is 3.51. The van der Waals surface area contributed by atoms with Crippen molar-refractivity contribution in [2.24, 2.45) is 0 Å². The number of rotatable bonds is 3. The summed E-state index contributed by atoms with van der Waals surface area (Å²) in [6.07, 6.45) is 4.11. The Hall–Kier alpha value is -2.53. The molecular weight excluding hydrogens is 252 g/mol. The first kappa shape index (κ1) is 13.9. The summed E-state index contributed by atoms with van der Waals surface area (Å²) >= 11 is 0. The molecule has 0 unspecified atom stereocenters. The first-order valence-electron chi connectivity index (χ1n) is 6.69. The first-order chi connectivity index (χ1) is 9.74. The Labute approximate surface area is 118 Å². The maximum atomic E-state index is 12.3. The van der Waals surface area contributed by atoms with Gasteiger partial charge in [0.1, 0.15) is 6.54 Å². The van der Waals surface area contributed by atoms with Crippen molar-refractivity contribution in [2.75, 3.05) is 11.9 Å². The topological polar surface area (TPSA) is 79.9 Å². The highest BCUT2D eigenvalue weighted by Gasteiger charge is 2.26. The molecule has 1 aromatic rings. The lowest BCUT2D eigenvalue weighted by Gasteiger charge is -2.26. The molecule has 0 aliphatic heterocycles. The van der Waals surface area contributed by atoms with Crippen molar-refractivity contribution < 1.29 is 4.79 Å². The summed E-state index contributed by atoms with van der Waals surface area (Å²) in [7, 11) is 0. The van der Waals surface area contributed by atoms with Crippen LogP contribution in [0.5, 0.6) is 0 Å². The fraction of sp³-hybridized carbons (Fsp3) is 0.400. The van der Waals surface area contributed by atoms with E-state index in [2.05, 4.69) is 5.32 Å². The van der Waals surface area contributed by atoms with E-state index in [1.165, 1.54) is 0 Å². The van der Waals surface area contributed by atoms with E-state index in [-0.39, 0.29) is 18.6 Å². The van der Waals surface area contributed by atoms with Crippen LogP contribution >= 0.6 is 0 Å². The second kappa shape index (κ2) is 6.58. The van der Waals surface area contributed by atoms with Crippen LogP contribution in [0.1, 0.15) is 31.2 Å². The van der Waals surface area contributed by atoms with E-state index in [0.717, 1.165) is 25.7 Å². The normalized spacial score (nSPS) is 14.3. The number of nitrogens with one attached hydrogen (secondary N) is 1. The number of amides is 2. The van der Waals surface area contributed by atoms with Crippen LogP contribution in [-0.4, -0.2) is 23.5 Å². The highest BCUT2D eigenvalue weighted by atomic mass is 16.2. The molecule has 102 valence electrons. The van der Waals surface area contributed by atoms with Gasteiger partial charge in [-0.05, 0) is 31.0 Å². The molecule has 2 amide bonds. The molecule has 2 rings (SSSR count). The Kier molecular flexibility index (Phi) is 4.57. The Morgan fingerprint density at radius 1 is 1.35 bits per heavy atom. The second-order valence-electron chi connectivity index (χ2n) is 4.85. The fourth-order valence-electron chi connectivity index (χ4n) is 2.52. The van der Waals surface area contributed by atoms with E-state index >= 15 is 0 Å². The van der Waals surface area contributed by atoms with Crippen LogP contribution in [0, 0.1) is 22.7 Å². The zero-order valence-electron chi connectivity index (χ0n) is 11.2. The van der Waals surface area contributed by atoms with Crippen molar-refractivity contribution in [3.05, 3.63) is 29.8 Å². The van der Waals surface area contributed by atoms with Crippen LogP contribution in [-0.2, 0) is 0 Å². The molecule has 0 spiro atoms. The average molecular weight is 268 g/mol. The molecule has 1 aliphatic rings. The molecule has 1 aromatic carbocycles. The lowest BCUT2D eigenvalue weighted by atomic mass is 10.2. The zero-order valence-corrected chi connectivity index (χ0v) is 11.2. The molecule has 0 heterocycles. The van der Waals surface area contributed by atoms with Gasteiger partial charge in [-0.2, -0.15) is 10.5 Å². The molecule has 5 nitrogen and oxygen atoms in total. The predicted molar refractivity (Wildman–Crippen MR) is 74.8 cm³/mol. The molecule has 0 atom stereocenters. The number of nitriles is 2. The van der Waals surface area contributed by atoms with Crippen LogP contribution in [0.2, 0.25) is 0 Å². The summed E-state index contributed by atoms with van der Waals surface area (Å²) in [5.74, 6) is 0. The quantitative estimate of drug-likeness (QED) is 0.856. The summed E-state index contributed by atoms with van der Waals surface area (Å²) in [4.78, 5) is 13.9. The van der Waals surface area contributed by atoms with Crippen molar-refractivity contribution >= 4 is 11.7 Å². The van der Waals surface area contributed by atoms with E-state index in [0.29, 0.717) is 11.3 Å². The fourth-order valence-corrected chi connectivity index (χ4v) is 2.52. The number of anilines is 1. The van der Waals surface area contributed by atoms with Gasteiger partial charge in [-0.25, -0.2) is 4.79 Å². The van der Waals surface area contributed by atoms with Crippen molar-refractivity contribution in [1.29, 1.82) is 10.5 Å². The Balaban J connectivity index is 2.08. The molecule has 0 radical (unpaired) electrons. The van der Waals surface area contributed by atoms with Crippen molar-refractivity contribution in [3.8, 4) is 12.1 Å². The SMILES string of the molecule is N#CCN(C(=O)Nc1cccc(C#N)c1)C1CCCC1. The van der Waals surface area contributed by atoms with Gasteiger partial charge in [-0.3, -0.25) is 0 Å². The van der Waals surface area contributed by atoms with Crippen LogP contribution in [0.3, 0.4) is 0 Å². The van der Waals surface area contributed by atoms with E-state index in [4.69, 9.17) is 10.5 Å². The van der Waals surface area contributed by atoms with Crippen LogP contribution < -0.4 is 5.32 Å². The molecule has 1 N–H and O–H groups in total. The molecule has 1 fully saturated rings. The van der Waals surface area contributed by atoms with Crippen LogP contribution in [0.4, 0.5) is 10.5 Å². The van der Waals surface area contributed by atoms with Gasteiger partial charge in [-0.15, -0.1) is 0 Å². The standard InChI is InChI=1S/C15H16N4O/c16-8-9-19(14-6-1-2-7-14)15(20)18-13-5-3-4-12(10-13)11-17/h3-5,10,14H,1-2,6-7,9H2,(H,18,20). The van der Waals surface area contributed by atoms with Gasteiger partial charge < -0.3 is 10.2 Å². The molecule has 0 bridgehead atoms. The second-order valence-corrected chi connectivity index (χ2v) is 4.85. The van der Waals surface area contributed by atoms with Gasteiger partial charge >= 0.3 is 6.03 Å². The highest BCUT2D eigenvalue weighted by Crippen LogP contribution is 2.24. The minimum absolute atomic E-state index is 0.0917. The predicted octanol–water partition coefficient (Wildman–Crippen LogP) is 2.86. The average Bonchev–Trinajstić information content (AvgIpc) is 2.98. The number of hydrogen-bond acceptors (Lipinski definition) is 3. The minimum atomic E-state index is -0.270. The third-order valence-electron chi connectivity index (χ3n) is 3.51. The number of nitrogens with zero attached hydrogens (tertiary/aromatic N) is 3. The van der Waals surface area contributed by atoms with Gasteiger partial charge in [0, 0.05) is 11.7 Å². The van der Waals surface area contributed by atoms with E-state index < -0.39 is 0 Å². The molecule has 1 saturated carbocycles. The Morgan fingerprint density at radius 2 is 2.10 bits per heavy atom. The molecule has 0 aromatic heterocycles. The minimum Gasteiger partial charge on any atom is -0.308 e. The lowest BCUT2D eigenvalue weighted by Crippen LogP contribution is -2.41. The third kappa shape index (κ3) is 3.27. The molecular formula is C15H16N4O. The summed E-state index contributed by atoms with van der Waals surface area (Å²) in [5.41, 5.74) is 1.07. The first-order valence-corrected chi connectivity index (χ1v) is 6.69. The van der Waals surface area contributed by atoms with Gasteiger partial charge in [0.25, 0.3) is 0 Å².